The molecule has 16 heavy (non-hydrogen) atoms. The van der Waals surface area contributed by atoms with Gasteiger partial charge in [0.1, 0.15) is 6.61 Å². The van der Waals surface area contributed by atoms with Gasteiger partial charge in [-0.05, 0) is 33.1 Å². The second kappa shape index (κ2) is 6.86. The molecule has 1 atom stereocenters. The number of carbonyl (C=O) groups is 1. The van der Waals surface area contributed by atoms with E-state index in [4.69, 9.17) is 9.84 Å². The maximum absolute atomic E-state index is 11.6. The molecule has 0 heterocycles. The van der Waals surface area contributed by atoms with Crippen molar-refractivity contribution in [1.82, 2.24) is 5.32 Å². The third-order valence-electron chi connectivity index (χ3n) is 2.23. The first-order chi connectivity index (χ1) is 7.26. The predicted octanol–water partition coefficient (Wildman–Crippen LogP) is 1.32. The minimum absolute atomic E-state index is 0.0149. The van der Waals surface area contributed by atoms with Crippen molar-refractivity contribution >= 4 is 5.91 Å². The first-order valence-electron chi connectivity index (χ1n) is 5.80. The first kappa shape index (κ1) is 15.4. The van der Waals surface area contributed by atoms with Crippen LogP contribution >= 0.6 is 0 Å². The van der Waals surface area contributed by atoms with Crippen molar-refractivity contribution in [2.75, 3.05) is 13.2 Å². The molecule has 0 fully saturated rings. The van der Waals surface area contributed by atoms with Gasteiger partial charge in [0.2, 0.25) is 5.91 Å². The smallest absolute Gasteiger partial charge is 0.246 e. The summed E-state index contributed by atoms with van der Waals surface area (Å²) in [7, 11) is 0. The van der Waals surface area contributed by atoms with Gasteiger partial charge in [-0.1, -0.05) is 13.8 Å². The van der Waals surface area contributed by atoms with Gasteiger partial charge in [0.25, 0.3) is 0 Å². The van der Waals surface area contributed by atoms with E-state index in [-0.39, 0.29) is 30.8 Å². The number of hydrogen-bond donors (Lipinski definition) is 2. The van der Waals surface area contributed by atoms with E-state index in [0.717, 1.165) is 0 Å². The van der Waals surface area contributed by atoms with E-state index < -0.39 is 0 Å². The maximum Gasteiger partial charge on any atom is 0.246 e. The molecule has 2 N–H and O–H groups in total. The summed E-state index contributed by atoms with van der Waals surface area (Å²) in [5.41, 5.74) is -0.304. The summed E-state index contributed by atoms with van der Waals surface area (Å²) < 4.78 is 5.38. The zero-order valence-electron chi connectivity index (χ0n) is 11.0. The molecule has 1 amide bonds. The van der Waals surface area contributed by atoms with Gasteiger partial charge in [0.05, 0.1) is 5.60 Å². The Morgan fingerprint density at radius 1 is 1.38 bits per heavy atom. The second-order valence-corrected chi connectivity index (χ2v) is 5.33. The Kier molecular flexibility index (Phi) is 6.60. The molecule has 0 spiro atoms. The van der Waals surface area contributed by atoms with Crippen molar-refractivity contribution < 1.29 is 14.6 Å². The molecular weight excluding hydrogens is 206 g/mol. The van der Waals surface area contributed by atoms with Gasteiger partial charge in [-0.2, -0.15) is 0 Å². The lowest BCUT2D eigenvalue weighted by atomic mass is 10.0. The molecule has 0 saturated carbocycles. The lowest BCUT2D eigenvalue weighted by Gasteiger charge is -2.23. The summed E-state index contributed by atoms with van der Waals surface area (Å²) in [5.74, 6) is 0.188. The number of carbonyl (C=O) groups excluding carboxylic acids is 1. The molecule has 0 saturated heterocycles. The molecule has 0 aliphatic rings. The summed E-state index contributed by atoms with van der Waals surface area (Å²) in [5, 5.41) is 11.7. The lowest BCUT2D eigenvalue weighted by Crippen LogP contribution is -2.42. The van der Waals surface area contributed by atoms with E-state index >= 15 is 0 Å². The van der Waals surface area contributed by atoms with Crippen LogP contribution in [0.4, 0.5) is 0 Å². The van der Waals surface area contributed by atoms with Gasteiger partial charge in [-0.25, -0.2) is 0 Å². The minimum atomic E-state index is -0.304. The molecule has 4 nitrogen and oxygen atoms in total. The van der Waals surface area contributed by atoms with E-state index in [1.165, 1.54) is 0 Å². The van der Waals surface area contributed by atoms with Crippen LogP contribution in [0.15, 0.2) is 0 Å². The topological polar surface area (TPSA) is 58.6 Å². The van der Waals surface area contributed by atoms with E-state index in [0.29, 0.717) is 12.3 Å². The quantitative estimate of drug-likeness (QED) is 0.725. The molecule has 0 aliphatic carbocycles. The van der Waals surface area contributed by atoms with Crippen LogP contribution in [0, 0.1) is 5.92 Å². The van der Waals surface area contributed by atoms with Crippen LogP contribution in [0.2, 0.25) is 0 Å². The Hall–Kier alpha value is -0.610. The molecule has 0 aromatic carbocycles. The average Bonchev–Trinajstić information content (AvgIpc) is 2.13. The van der Waals surface area contributed by atoms with Crippen LogP contribution in [-0.4, -0.2) is 35.9 Å². The second-order valence-electron chi connectivity index (χ2n) is 5.33. The SMILES string of the molecule is CC(C)C(CCO)NC(=O)COC(C)(C)C. The maximum atomic E-state index is 11.6. The van der Waals surface area contributed by atoms with Crippen molar-refractivity contribution in [3.63, 3.8) is 0 Å². The van der Waals surface area contributed by atoms with Crippen LogP contribution in [0.25, 0.3) is 0 Å². The van der Waals surface area contributed by atoms with Gasteiger partial charge in [0.15, 0.2) is 0 Å². The lowest BCUT2D eigenvalue weighted by molar-refractivity contribution is -0.131. The highest BCUT2D eigenvalue weighted by atomic mass is 16.5. The van der Waals surface area contributed by atoms with Crippen LogP contribution in [0.3, 0.4) is 0 Å². The zero-order chi connectivity index (χ0) is 12.8. The van der Waals surface area contributed by atoms with E-state index in [1.807, 2.05) is 34.6 Å². The number of aliphatic hydroxyl groups excluding tert-OH is 1. The van der Waals surface area contributed by atoms with Gasteiger partial charge in [-0.15, -0.1) is 0 Å². The standard InChI is InChI=1S/C12H25NO3/c1-9(2)10(6-7-14)13-11(15)8-16-12(3,4)5/h9-10,14H,6-8H2,1-5H3,(H,13,15). The molecule has 0 bridgehead atoms. The van der Waals surface area contributed by atoms with Crippen LogP contribution in [-0.2, 0) is 9.53 Å². The van der Waals surface area contributed by atoms with Crippen LogP contribution in [0.5, 0.6) is 0 Å². The van der Waals surface area contributed by atoms with Crippen molar-refractivity contribution in [3.05, 3.63) is 0 Å². The Bertz CT molecular complexity index is 209. The summed E-state index contributed by atoms with van der Waals surface area (Å²) in [6, 6.07) is 0.0149. The average molecular weight is 231 g/mol. The molecule has 0 aliphatic heterocycles. The van der Waals surface area contributed by atoms with Crippen molar-refractivity contribution in [2.24, 2.45) is 5.92 Å². The molecule has 0 aromatic rings. The molecule has 1 unspecified atom stereocenters. The number of ether oxygens (including phenoxy) is 1. The van der Waals surface area contributed by atoms with E-state index in [9.17, 15) is 4.79 Å². The highest BCUT2D eigenvalue weighted by Crippen LogP contribution is 2.08. The first-order valence-corrected chi connectivity index (χ1v) is 5.80. The van der Waals surface area contributed by atoms with Crippen molar-refractivity contribution in [1.29, 1.82) is 0 Å². The van der Waals surface area contributed by atoms with Crippen LogP contribution in [0.1, 0.15) is 41.0 Å². The fourth-order valence-corrected chi connectivity index (χ4v) is 1.24. The zero-order valence-corrected chi connectivity index (χ0v) is 11.0. The Labute approximate surface area is 98.4 Å². The minimum Gasteiger partial charge on any atom is -0.396 e. The fourth-order valence-electron chi connectivity index (χ4n) is 1.24. The normalized spacial score (nSPS) is 13.9. The molecule has 0 rings (SSSR count). The highest BCUT2D eigenvalue weighted by molar-refractivity contribution is 5.77. The predicted molar refractivity (Wildman–Crippen MR) is 64.2 cm³/mol. The van der Waals surface area contributed by atoms with Gasteiger partial charge in [0, 0.05) is 12.6 Å². The number of rotatable bonds is 6. The summed E-state index contributed by atoms with van der Waals surface area (Å²) >= 11 is 0. The number of nitrogens with one attached hydrogen (secondary N) is 1. The van der Waals surface area contributed by atoms with E-state index in [2.05, 4.69) is 5.32 Å². The van der Waals surface area contributed by atoms with Crippen molar-refractivity contribution in [3.8, 4) is 0 Å². The summed E-state index contributed by atoms with van der Waals surface area (Å²) in [6.07, 6.45) is 0.582. The van der Waals surface area contributed by atoms with E-state index in [1.54, 1.807) is 0 Å². The third kappa shape index (κ3) is 7.65. The molecule has 0 radical (unpaired) electrons. The summed E-state index contributed by atoms with van der Waals surface area (Å²) in [6.45, 7) is 9.92. The molecule has 0 aromatic heterocycles. The number of aliphatic hydroxyl groups is 1. The van der Waals surface area contributed by atoms with Gasteiger partial charge < -0.3 is 15.2 Å². The largest absolute Gasteiger partial charge is 0.396 e. The third-order valence-corrected chi connectivity index (χ3v) is 2.23. The summed E-state index contributed by atoms with van der Waals surface area (Å²) in [4.78, 5) is 11.6. The van der Waals surface area contributed by atoms with Gasteiger partial charge >= 0.3 is 0 Å². The molecular formula is C12H25NO3. The van der Waals surface area contributed by atoms with Crippen molar-refractivity contribution in [2.45, 2.75) is 52.7 Å². The Morgan fingerprint density at radius 3 is 2.31 bits per heavy atom. The van der Waals surface area contributed by atoms with Gasteiger partial charge in [-0.3, -0.25) is 4.79 Å². The molecule has 4 heteroatoms. The molecule has 96 valence electrons. The van der Waals surface area contributed by atoms with Crippen LogP contribution < -0.4 is 5.32 Å². The Morgan fingerprint density at radius 2 is 1.94 bits per heavy atom. The number of hydrogen-bond acceptors (Lipinski definition) is 3. The monoisotopic (exact) mass is 231 g/mol. The Balaban J connectivity index is 4.00. The number of amides is 1. The highest BCUT2D eigenvalue weighted by Gasteiger charge is 2.17. The fraction of sp³-hybridized carbons (Fsp3) is 0.917.